The molecule has 0 amide bonds. The standard InChI is InChI=1S/C12H11N5OS/c18-12-16(9-3-1-2-4-10(9)19-12)7-11-13-14-15-17(11)8-5-6-8/h1-4,8H,5-7H2. The van der Waals surface area contributed by atoms with Crippen molar-refractivity contribution in [2.75, 3.05) is 0 Å². The second-order valence-electron chi connectivity index (χ2n) is 4.69. The van der Waals surface area contributed by atoms with Gasteiger partial charge in [0, 0.05) is 0 Å². The van der Waals surface area contributed by atoms with Gasteiger partial charge in [0.1, 0.15) is 0 Å². The van der Waals surface area contributed by atoms with E-state index < -0.39 is 0 Å². The van der Waals surface area contributed by atoms with Crippen molar-refractivity contribution in [2.45, 2.75) is 25.4 Å². The largest absolute Gasteiger partial charge is 0.308 e. The van der Waals surface area contributed by atoms with E-state index in [4.69, 9.17) is 0 Å². The highest BCUT2D eigenvalue weighted by molar-refractivity contribution is 7.16. The number of benzene rings is 1. The summed E-state index contributed by atoms with van der Waals surface area (Å²) in [5.74, 6) is 0.758. The predicted molar refractivity (Wildman–Crippen MR) is 71.3 cm³/mol. The summed E-state index contributed by atoms with van der Waals surface area (Å²) in [4.78, 5) is 12.1. The minimum atomic E-state index is 0.0338. The molecule has 2 aromatic heterocycles. The van der Waals surface area contributed by atoms with Crippen molar-refractivity contribution in [1.82, 2.24) is 24.8 Å². The maximum absolute atomic E-state index is 12.1. The Morgan fingerprint density at radius 3 is 3.00 bits per heavy atom. The molecule has 3 aromatic rings. The lowest BCUT2D eigenvalue weighted by atomic mass is 10.3. The van der Waals surface area contributed by atoms with E-state index in [9.17, 15) is 4.79 Å². The van der Waals surface area contributed by atoms with Crippen molar-refractivity contribution in [3.8, 4) is 0 Å². The number of hydrogen-bond donors (Lipinski definition) is 0. The lowest BCUT2D eigenvalue weighted by molar-refractivity contribution is 0.568. The van der Waals surface area contributed by atoms with Crippen LogP contribution in [0.4, 0.5) is 0 Å². The molecule has 0 unspecified atom stereocenters. The molecule has 0 saturated heterocycles. The van der Waals surface area contributed by atoms with Gasteiger partial charge in [0.25, 0.3) is 0 Å². The highest BCUT2D eigenvalue weighted by Gasteiger charge is 2.28. The number of aromatic nitrogens is 5. The van der Waals surface area contributed by atoms with E-state index in [1.165, 1.54) is 11.3 Å². The lowest BCUT2D eigenvalue weighted by Crippen LogP contribution is -2.17. The first-order valence-electron chi connectivity index (χ1n) is 6.18. The zero-order chi connectivity index (χ0) is 12.8. The van der Waals surface area contributed by atoms with Crippen LogP contribution < -0.4 is 4.87 Å². The Balaban J connectivity index is 1.80. The fourth-order valence-electron chi connectivity index (χ4n) is 2.22. The van der Waals surface area contributed by atoms with Gasteiger partial charge in [-0.25, -0.2) is 4.68 Å². The van der Waals surface area contributed by atoms with Crippen LogP contribution in [-0.2, 0) is 6.54 Å². The van der Waals surface area contributed by atoms with Gasteiger partial charge in [-0.1, -0.05) is 23.5 Å². The Hall–Kier alpha value is -2.02. The van der Waals surface area contributed by atoms with Crippen LogP contribution >= 0.6 is 11.3 Å². The molecule has 19 heavy (non-hydrogen) atoms. The quantitative estimate of drug-likeness (QED) is 0.724. The molecular formula is C12H11N5OS. The molecule has 0 N–H and O–H groups in total. The minimum absolute atomic E-state index is 0.0338. The normalized spacial score (nSPS) is 15.2. The SMILES string of the molecule is O=c1sc2ccccc2n1Cc1nnnn1C1CC1. The van der Waals surface area contributed by atoms with Gasteiger partial charge < -0.3 is 0 Å². The molecule has 0 atom stereocenters. The molecule has 1 fully saturated rings. The minimum Gasteiger partial charge on any atom is -0.291 e. The van der Waals surface area contributed by atoms with Gasteiger partial charge in [-0.3, -0.25) is 9.36 Å². The van der Waals surface area contributed by atoms with Crippen molar-refractivity contribution in [1.29, 1.82) is 0 Å². The molecule has 1 aliphatic rings. The molecular weight excluding hydrogens is 262 g/mol. The highest BCUT2D eigenvalue weighted by Crippen LogP contribution is 2.34. The fraction of sp³-hybridized carbons (Fsp3) is 0.333. The first kappa shape index (κ1) is 10.9. The fourth-order valence-corrected chi connectivity index (χ4v) is 3.11. The van der Waals surface area contributed by atoms with E-state index in [0.29, 0.717) is 12.6 Å². The Bertz CT molecular complexity index is 798. The van der Waals surface area contributed by atoms with Gasteiger partial charge in [0.15, 0.2) is 5.82 Å². The van der Waals surface area contributed by atoms with Gasteiger partial charge in [0.05, 0.1) is 22.8 Å². The summed E-state index contributed by atoms with van der Waals surface area (Å²) in [7, 11) is 0. The van der Waals surface area contributed by atoms with Crippen molar-refractivity contribution in [2.24, 2.45) is 0 Å². The maximum Gasteiger partial charge on any atom is 0.308 e. The zero-order valence-electron chi connectivity index (χ0n) is 10.1. The number of tetrazole rings is 1. The van der Waals surface area contributed by atoms with Gasteiger partial charge >= 0.3 is 4.87 Å². The second kappa shape index (κ2) is 3.99. The highest BCUT2D eigenvalue weighted by atomic mass is 32.1. The average Bonchev–Trinajstić information content (AvgIpc) is 3.08. The molecule has 1 aliphatic carbocycles. The molecule has 1 aromatic carbocycles. The van der Waals surface area contributed by atoms with E-state index in [2.05, 4.69) is 15.5 Å². The third kappa shape index (κ3) is 1.77. The molecule has 7 heteroatoms. The summed E-state index contributed by atoms with van der Waals surface area (Å²) in [5, 5.41) is 11.8. The molecule has 1 saturated carbocycles. The Morgan fingerprint density at radius 2 is 2.16 bits per heavy atom. The van der Waals surface area contributed by atoms with Gasteiger partial charge in [0.2, 0.25) is 0 Å². The third-order valence-corrected chi connectivity index (χ3v) is 4.29. The van der Waals surface area contributed by atoms with Gasteiger partial charge in [-0.05, 0) is 35.4 Å². The molecule has 6 nitrogen and oxygen atoms in total. The van der Waals surface area contributed by atoms with Crippen LogP contribution in [0.3, 0.4) is 0 Å². The summed E-state index contributed by atoms with van der Waals surface area (Å²) in [6.07, 6.45) is 2.24. The second-order valence-corrected chi connectivity index (χ2v) is 5.69. The van der Waals surface area contributed by atoms with Crippen molar-refractivity contribution >= 4 is 21.6 Å². The molecule has 2 heterocycles. The van der Waals surface area contributed by atoms with Crippen LogP contribution in [0.15, 0.2) is 29.1 Å². The zero-order valence-corrected chi connectivity index (χ0v) is 10.9. The summed E-state index contributed by atoms with van der Waals surface area (Å²) < 4.78 is 4.58. The van der Waals surface area contributed by atoms with E-state index >= 15 is 0 Å². The Kier molecular flexibility index (Phi) is 2.28. The molecule has 0 aliphatic heterocycles. The van der Waals surface area contributed by atoms with Crippen molar-refractivity contribution in [3.05, 3.63) is 39.8 Å². The van der Waals surface area contributed by atoms with E-state index in [1.54, 1.807) is 4.57 Å². The summed E-state index contributed by atoms with van der Waals surface area (Å²) in [5.41, 5.74) is 0.947. The number of hydrogen-bond acceptors (Lipinski definition) is 5. The third-order valence-electron chi connectivity index (χ3n) is 3.33. The van der Waals surface area contributed by atoms with Crippen LogP contribution in [0.2, 0.25) is 0 Å². The molecule has 4 rings (SSSR count). The number of rotatable bonds is 3. The number of nitrogens with zero attached hydrogens (tertiary/aromatic N) is 5. The van der Waals surface area contributed by atoms with Crippen LogP contribution in [-0.4, -0.2) is 24.8 Å². The van der Waals surface area contributed by atoms with Gasteiger partial charge in [-0.15, -0.1) is 5.10 Å². The first-order valence-corrected chi connectivity index (χ1v) is 7.00. The summed E-state index contributed by atoms with van der Waals surface area (Å²) >= 11 is 1.26. The van der Waals surface area contributed by atoms with E-state index in [1.807, 2.05) is 28.9 Å². The topological polar surface area (TPSA) is 65.6 Å². The first-order chi connectivity index (χ1) is 9.33. The summed E-state index contributed by atoms with van der Waals surface area (Å²) in [6.45, 7) is 0.437. The van der Waals surface area contributed by atoms with E-state index in [-0.39, 0.29) is 4.87 Å². The molecule has 0 bridgehead atoms. The van der Waals surface area contributed by atoms with Crippen LogP contribution in [0.25, 0.3) is 10.2 Å². The van der Waals surface area contributed by atoms with Gasteiger partial charge in [-0.2, -0.15) is 0 Å². The lowest BCUT2D eigenvalue weighted by Gasteiger charge is -2.04. The van der Waals surface area contributed by atoms with Crippen LogP contribution in [0.1, 0.15) is 24.7 Å². The summed E-state index contributed by atoms with van der Waals surface area (Å²) in [6, 6.07) is 8.22. The van der Waals surface area contributed by atoms with E-state index in [0.717, 1.165) is 28.9 Å². The Labute approximate surface area is 112 Å². The molecule has 0 radical (unpaired) electrons. The average molecular weight is 273 g/mol. The van der Waals surface area contributed by atoms with Crippen LogP contribution in [0, 0.1) is 0 Å². The monoisotopic (exact) mass is 273 g/mol. The number of fused-ring (bicyclic) bond motifs is 1. The Morgan fingerprint density at radius 1 is 1.32 bits per heavy atom. The predicted octanol–water partition coefficient (Wildman–Crippen LogP) is 1.43. The maximum atomic E-state index is 12.1. The number of thiazole rings is 1. The molecule has 96 valence electrons. The number of para-hydroxylation sites is 1. The van der Waals surface area contributed by atoms with Crippen molar-refractivity contribution < 1.29 is 0 Å². The van der Waals surface area contributed by atoms with Crippen LogP contribution in [0.5, 0.6) is 0 Å². The molecule has 0 spiro atoms. The smallest absolute Gasteiger partial charge is 0.291 e. The van der Waals surface area contributed by atoms with Crippen molar-refractivity contribution in [3.63, 3.8) is 0 Å².